The number of halogens is 1. The molecular weight excluding hydrogens is 1300 g/mol. The summed E-state index contributed by atoms with van der Waals surface area (Å²) < 4.78 is 31.9. The molecule has 5 N–H and O–H groups in total. The molecule has 6 fully saturated rings. The second-order valence-electron chi connectivity index (χ2n) is 32.4. The Labute approximate surface area is 596 Å². The normalized spacial score (nSPS) is 24.2. The van der Waals surface area contributed by atoms with Gasteiger partial charge in [0.15, 0.2) is 22.5 Å². The third-order valence-corrected chi connectivity index (χ3v) is 24.3. The minimum absolute atomic E-state index is 0.00277. The summed E-state index contributed by atoms with van der Waals surface area (Å²) in [6, 6.07) is 16.4. The number of aromatic nitrogens is 7. The number of alkyl halides is 1. The van der Waals surface area contributed by atoms with Gasteiger partial charge >= 0.3 is 5.97 Å². The van der Waals surface area contributed by atoms with Crippen LogP contribution in [0, 0.1) is 48.3 Å². The van der Waals surface area contributed by atoms with Crippen molar-refractivity contribution in [1.82, 2.24) is 55.4 Å². The molecule has 0 spiro atoms. The lowest BCUT2D eigenvalue weighted by Gasteiger charge is -2.69. The maximum absolute atomic E-state index is 14.9. The summed E-state index contributed by atoms with van der Waals surface area (Å²) in [7, 11) is 2.22. The van der Waals surface area contributed by atoms with E-state index in [0.717, 1.165) is 155 Å². The Hall–Kier alpha value is -7.02. The van der Waals surface area contributed by atoms with Crippen molar-refractivity contribution >= 4 is 73.3 Å². The molecule has 1 saturated heterocycles. The highest BCUT2D eigenvalue weighted by Gasteiger charge is 2.66. The standard InChI is InChI=1S/C77H102FN13O7S2/c1-48-35-58(90(39-48)68(93)64(72(5,6)7)84-70(96)77(78)28-29-77)67(92)79-37-53-25-24-52(63-50(3)80-47-99-63)36-59(53)97-33-19-15-13-11-12-14-18-30-88(10)32-34-98-76-43-73(8)40-74(9,44-76)42-75(41-73,45-76)46-91-51(4)56(38-81-91)55-26-27-61(83-62(55)69(94)95)89-31-20-21-54-49(2)65(86-87-66(54)89)85-71-82-57-22-16-17-23-60(57)100-71/h16-17,22-27,36,38,47-48,58,64,70,84,96H,11-15,18-21,28-35,37,39-46H2,1-10H3,(H,79,92)(H,94,95)(H,82,85,86)/t48-,58+,64-,70+,73?,74?,75?,76?/m1/s1. The number of aromatic carboxylic acids is 1. The first-order valence-corrected chi connectivity index (χ1v) is 38.1. The van der Waals surface area contributed by atoms with Crippen LogP contribution in [0.15, 0.2) is 66.3 Å². The van der Waals surface area contributed by atoms with E-state index < -0.39 is 35.4 Å². The number of aryl methyl sites for hydroxylation is 1. The van der Waals surface area contributed by atoms with Crippen LogP contribution in [0.3, 0.4) is 0 Å². The maximum atomic E-state index is 14.9. The first kappa shape index (κ1) is 71.4. The second-order valence-corrected chi connectivity index (χ2v) is 34.3. The zero-order valence-corrected chi connectivity index (χ0v) is 61.8. The van der Waals surface area contributed by atoms with Gasteiger partial charge in [-0.05, 0) is 181 Å². The monoisotopic (exact) mass is 1400 g/mol. The van der Waals surface area contributed by atoms with Gasteiger partial charge in [0.25, 0.3) is 0 Å². The van der Waals surface area contributed by atoms with Gasteiger partial charge in [-0.15, -0.1) is 21.5 Å². The number of carboxylic acids is 1. The van der Waals surface area contributed by atoms with E-state index in [1.807, 2.05) is 107 Å². The molecule has 5 aliphatic carbocycles. The number of hydrogen-bond acceptors (Lipinski definition) is 18. The average Bonchev–Trinajstić information content (AvgIpc) is 0.861. The molecule has 2 aliphatic heterocycles. The SMILES string of the molecule is Cc1ncsc1-c1ccc(CNC(=O)[C@@H]2C[C@@H](C)CN2C(=O)[C@@H](N[C@@H](O)C2(F)CC2)C(C)(C)C)c(OCCCCCCCCCN(C)CCOC23CC4(C)CC(C)(CC(Cn5ncc(-c6ccc(N7CCCc8c7nnc(Nc7nc9ccccc9s7)c8C)nc6C(=O)O)c5C)(C4)C2)C3)c1. The smallest absolute Gasteiger partial charge is 0.355 e. The number of unbranched alkanes of at least 4 members (excludes halogenated alkanes) is 6. The van der Waals surface area contributed by atoms with Crippen LogP contribution < -0.4 is 25.6 Å². The van der Waals surface area contributed by atoms with E-state index in [1.54, 1.807) is 27.6 Å². The fourth-order valence-electron chi connectivity index (χ4n) is 18.3. The molecule has 14 rings (SSSR count). The fourth-order valence-corrected chi connectivity index (χ4v) is 20.0. The van der Waals surface area contributed by atoms with E-state index in [1.165, 1.54) is 25.7 Å². The van der Waals surface area contributed by atoms with Gasteiger partial charge in [-0.1, -0.05) is 109 Å². The molecule has 2 unspecified atom stereocenters. The number of amides is 2. The molecule has 7 aliphatic rings. The summed E-state index contributed by atoms with van der Waals surface area (Å²) in [6.45, 7) is 24.0. The Morgan fingerprint density at radius 1 is 0.880 bits per heavy atom. The number of hydrogen-bond donors (Lipinski definition) is 5. The molecule has 0 radical (unpaired) electrons. The van der Waals surface area contributed by atoms with Crippen LogP contribution in [-0.2, 0) is 33.8 Å². The van der Waals surface area contributed by atoms with Crippen molar-refractivity contribution in [3.63, 3.8) is 0 Å². The van der Waals surface area contributed by atoms with Crippen molar-refractivity contribution in [3.05, 3.63) is 100 Å². The van der Waals surface area contributed by atoms with Crippen LogP contribution in [0.25, 0.3) is 31.8 Å². The number of carbonyl (C=O) groups is 3. The molecule has 6 atom stereocenters. The second kappa shape index (κ2) is 28.7. The van der Waals surface area contributed by atoms with Crippen LogP contribution in [0.1, 0.15) is 189 Å². The van der Waals surface area contributed by atoms with Crippen LogP contribution in [0.2, 0.25) is 0 Å². The number of likely N-dealkylation sites (N-methyl/N-ethyl adjacent to an activating group) is 1. The highest BCUT2D eigenvalue weighted by atomic mass is 32.1. The highest BCUT2D eigenvalue weighted by Crippen LogP contribution is 2.72. The number of ether oxygens (including phenoxy) is 2. The van der Waals surface area contributed by atoms with Crippen molar-refractivity contribution in [2.45, 2.75) is 221 Å². The van der Waals surface area contributed by atoms with Gasteiger partial charge in [-0.3, -0.25) is 19.6 Å². The van der Waals surface area contributed by atoms with E-state index >= 15 is 0 Å². The predicted molar refractivity (Wildman–Crippen MR) is 391 cm³/mol. The molecule has 2 amide bonds. The van der Waals surface area contributed by atoms with Crippen molar-refractivity contribution in [1.29, 1.82) is 0 Å². The first-order chi connectivity index (χ1) is 47.7. The Morgan fingerprint density at radius 2 is 1.63 bits per heavy atom. The molecule has 20 nitrogen and oxygen atoms in total. The zero-order valence-electron chi connectivity index (χ0n) is 60.1. The van der Waals surface area contributed by atoms with Crippen LogP contribution in [-0.4, -0.2) is 149 Å². The van der Waals surface area contributed by atoms with Crippen molar-refractivity contribution in [2.75, 3.05) is 56.7 Å². The van der Waals surface area contributed by atoms with E-state index in [9.17, 15) is 29.0 Å². The summed E-state index contributed by atoms with van der Waals surface area (Å²) in [5.74, 6) is 1.03. The van der Waals surface area contributed by atoms with Crippen LogP contribution >= 0.6 is 22.7 Å². The number of likely N-dealkylation sites (tertiary alicyclic amines) is 1. The number of carbonyl (C=O) groups excluding carboxylic acids is 2. The number of benzene rings is 2. The van der Waals surface area contributed by atoms with E-state index in [-0.39, 0.29) is 64.7 Å². The van der Waals surface area contributed by atoms with Crippen molar-refractivity contribution in [3.8, 4) is 27.3 Å². The number of carboxylic acid groups (broad SMARTS) is 1. The highest BCUT2D eigenvalue weighted by molar-refractivity contribution is 7.22. The predicted octanol–water partition coefficient (Wildman–Crippen LogP) is 14.5. The summed E-state index contributed by atoms with van der Waals surface area (Å²) >= 11 is 3.16. The van der Waals surface area contributed by atoms with Crippen molar-refractivity contribution in [2.24, 2.45) is 27.6 Å². The first-order valence-electron chi connectivity index (χ1n) is 36.4. The Bertz CT molecular complexity index is 4090. The molecule has 100 heavy (non-hydrogen) atoms. The van der Waals surface area contributed by atoms with Crippen LogP contribution in [0.4, 0.5) is 27.0 Å². The summed E-state index contributed by atoms with van der Waals surface area (Å²) in [5.41, 5.74) is 7.64. The molecule has 7 heterocycles. The quantitative estimate of drug-likeness (QED) is 0.0208. The maximum Gasteiger partial charge on any atom is 0.355 e. The van der Waals surface area contributed by atoms with Gasteiger partial charge in [0.1, 0.15) is 29.5 Å². The lowest BCUT2D eigenvalue weighted by molar-refractivity contribution is -0.248. The number of fused-ring (bicyclic) bond motifs is 2. The van der Waals surface area contributed by atoms with Gasteiger partial charge in [-0.25, -0.2) is 24.1 Å². The molecule has 2 aromatic carbocycles. The lowest BCUT2D eigenvalue weighted by atomic mass is 9.39. The molecular formula is C77H102FN13O7S2. The zero-order chi connectivity index (χ0) is 70.5. The molecule has 5 saturated carbocycles. The minimum atomic E-state index is -1.73. The number of anilines is 4. The largest absolute Gasteiger partial charge is 0.493 e. The number of pyridine rings is 1. The fraction of sp³-hybridized carbons (Fsp3) is 0.597. The lowest BCUT2D eigenvalue weighted by Crippen LogP contribution is -2.64. The number of para-hydroxylation sites is 1. The molecule has 536 valence electrons. The number of nitrogens with zero attached hydrogens (tertiary/aromatic N) is 10. The molecule has 7 aromatic rings. The van der Waals surface area contributed by atoms with E-state index in [2.05, 4.69) is 69.5 Å². The van der Waals surface area contributed by atoms with Crippen LogP contribution in [0.5, 0.6) is 5.75 Å². The average molecular weight is 1400 g/mol. The Kier molecular flexibility index (Phi) is 20.5. The number of aliphatic hydroxyl groups is 1. The Balaban J connectivity index is 0.560. The van der Waals surface area contributed by atoms with Gasteiger partial charge in [0.2, 0.25) is 11.8 Å². The van der Waals surface area contributed by atoms with Gasteiger partial charge in [0, 0.05) is 66.2 Å². The summed E-state index contributed by atoms with van der Waals surface area (Å²) in [5, 5.41) is 46.0. The van der Waals surface area contributed by atoms with E-state index in [0.29, 0.717) is 55.7 Å². The molecule has 23 heteroatoms. The Morgan fingerprint density at radius 3 is 2.35 bits per heavy atom. The third-order valence-electron chi connectivity index (χ3n) is 22.4. The van der Waals surface area contributed by atoms with Gasteiger partial charge < -0.3 is 45.0 Å². The van der Waals surface area contributed by atoms with Gasteiger partial charge in [-0.2, -0.15) is 5.10 Å². The third kappa shape index (κ3) is 15.4. The number of thiazole rings is 2. The summed E-state index contributed by atoms with van der Waals surface area (Å²) in [4.78, 5) is 62.6. The van der Waals surface area contributed by atoms with Crippen molar-refractivity contribution < 1.29 is 38.5 Å². The number of nitrogens with one attached hydrogen (secondary N) is 3. The minimum Gasteiger partial charge on any atom is -0.493 e. The number of rotatable bonds is 30. The summed E-state index contributed by atoms with van der Waals surface area (Å²) in [6.07, 6.45) is 17.4. The van der Waals surface area contributed by atoms with Gasteiger partial charge in [0.05, 0.1) is 57.4 Å². The van der Waals surface area contributed by atoms with E-state index in [4.69, 9.17) is 29.6 Å². The topological polar surface area (TPSA) is 238 Å². The number of aliphatic hydroxyl groups excluding tert-OH is 1. The molecule has 5 aromatic heterocycles. The molecule has 4 bridgehead atoms.